The van der Waals surface area contributed by atoms with Gasteiger partial charge in [-0.2, -0.15) is 0 Å². The van der Waals surface area contributed by atoms with E-state index < -0.39 is 16.1 Å². The Morgan fingerprint density at radius 3 is 1.95 bits per heavy atom. The van der Waals surface area contributed by atoms with E-state index in [0.717, 1.165) is 38.8 Å². The number of piperazine rings is 1. The molecule has 0 unspecified atom stereocenters. The highest BCUT2D eigenvalue weighted by atomic mass is 32.2. The van der Waals surface area contributed by atoms with Crippen LogP contribution in [0.15, 0.2) is 0 Å². The van der Waals surface area contributed by atoms with Gasteiger partial charge in [0, 0.05) is 45.3 Å². The topological polar surface area (TPSA) is 81.2 Å². The van der Waals surface area contributed by atoms with E-state index in [2.05, 4.69) is 4.90 Å². The van der Waals surface area contributed by atoms with Crippen LogP contribution in [0.5, 0.6) is 0 Å². The van der Waals surface area contributed by atoms with Crippen LogP contribution in [0.1, 0.15) is 25.7 Å². The zero-order chi connectivity index (χ0) is 15.0. The number of nitrogens with zero attached hydrogens (tertiary/aromatic N) is 3. The molecule has 3 fully saturated rings. The zero-order valence-corrected chi connectivity index (χ0v) is 13.0. The van der Waals surface area contributed by atoms with Gasteiger partial charge in [-0.3, -0.25) is 4.90 Å². The number of carboxylic acid groups (broad SMARTS) is 1. The van der Waals surface area contributed by atoms with Crippen LogP contribution in [-0.2, 0) is 10.0 Å². The lowest BCUT2D eigenvalue weighted by atomic mass is 10.0. The molecule has 2 saturated heterocycles. The van der Waals surface area contributed by atoms with Gasteiger partial charge in [-0.15, -0.1) is 0 Å². The van der Waals surface area contributed by atoms with Crippen LogP contribution < -0.4 is 0 Å². The third kappa shape index (κ3) is 3.17. The third-order valence-corrected chi connectivity index (χ3v) is 7.23. The lowest BCUT2D eigenvalue weighted by Crippen LogP contribution is -2.54. The van der Waals surface area contributed by atoms with Gasteiger partial charge in [0.1, 0.15) is 0 Å². The second kappa shape index (κ2) is 5.73. The minimum absolute atomic E-state index is 0.117. The first-order valence-electron chi connectivity index (χ1n) is 7.69. The Labute approximate surface area is 125 Å². The Hall–Kier alpha value is -0.860. The Balaban J connectivity index is 1.49. The maximum Gasteiger partial charge on any atom is 0.407 e. The lowest BCUT2D eigenvalue weighted by molar-refractivity contribution is 0.0684. The van der Waals surface area contributed by atoms with Crippen LogP contribution in [0.25, 0.3) is 0 Å². The second-order valence-corrected chi connectivity index (χ2v) is 8.39. The number of amides is 1. The summed E-state index contributed by atoms with van der Waals surface area (Å²) in [5.74, 6) is 0. The first-order valence-corrected chi connectivity index (χ1v) is 9.19. The monoisotopic (exact) mass is 317 g/mol. The molecule has 0 atom stereocenters. The molecule has 120 valence electrons. The van der Waals surface area contributed by atoms with Gasteiger partial charge in [0.2, 0.25) is 10.0 Å². The molecule has 1 amide bonds. The molecule has 7 nitrogen and oxygen atoms in total. The van der Waals surface area contributed by atoms with Crippen LogP contribution in [0.2, 0.25) is 0 Å². The fourth-order valence-corrected chi connectivity index (χ4v) is 5.19. The largest absolute Gasteiger partial charge is 0.465 e. The summed E-state index contributed by atoms with van der Waals surface area (Å²) in [5, 5.41) is 8.83. The molecule has 1 N–H and O–H groups in total. The normalized spacial score (nSPS) is 27.0. The molecule has 0 spiro atoms. The number of piperidine rings is 1. The first-order chi connectivity index (χ1) is 9.98. The molecule has 2 aliphatic heterocycles. The van der Waals surface area contributed by atoms with E-state index in [1.807, 2.05) is 0 Å². The van der Waals surface area contributed by atoms with Gasteiger partial charge in [-0.1, -0.05) is 0 Å². The van der Waals surface area contributed by atoms with Crippen LogP contribution in [0.3, 0.4) is 0 Å². The minimum Gasteiger partial charge on any atom is -0.465 e. The van der Waals surface area contributed by atoms with Crippen LogP contribution >= 0.6 is 0 Å². The van der Waals surface area contributed by atoms with E-state index in [0.29, 0.717) is 32.2 Å². The van der Waals surface area contributed by atoms with Crippen molar-refractivity contribution < 1.29 is 18.3 Å². The van der Waals surface area contributed by atoms with Gasteiger partial charge in [-0.25, -0.2) is 17.5 Å². The summed E-state index contributed by atoms with van der Waals surface area (Å²) in [4.78, 5) is 14.7. The predicted octanol–water partition coefficient (Wildman–Crippen LogP) is 0.239. The molecular weight excluding hydrogens is 294 g/mol. The van der Waals surface area contributed by atoms with E-state index in [9.17, 15) is 13.2 Å². The van der Waals surface area contributed by atoms with Crippen molar-refractivity contribution in [3.63, 3.8) is 0 Å². The smallest absolute Gasteiger partial charge is 0.407 e. The molecule has 0 radical (unpaired) electrons. The number of carbonyl (C=O) groups is 1. The van der Waals surface area contributed by atoms with Gasteiger partial charge < -0.3 is 10.0 Å². The fraction of sp³-hybridized carbons (Fsp3) is 0.923. The number of hydrogen-bond donors (Lipinski definition) is 1. The van der Waals surface area contributed by atoms with Gasteiger partial charge in [0.15, 0.2) is 0 Å². The predicted molar refractivity (Wildman–Crippen MR) is 77.7 cm³/mol. The van der Waals surface area contributed by atoms with Crippen molar-refractivity contribution in [2.75, 3.05) is 39.3 Å². The Morgan fingerprint density at radius 2 is 1.48 bits per heavy atom. The summed E-state index contributed by atoms with van der Waals surface area (Å²) >= 11 is 0. The Kier molecular flexibility index (Phi) is 4.11. The molecule has 0 aromatic rings. The molecule has 1 saturated carbocycles. The number of sulfonamides is 1. The molecule has 0 bridgehead atoms. The van der Waals surface area contributed by atoms with Crippen LogP contribution in [0, 0.1) is 0 Å². The third-order valence-electron chi connectivity index (χ3n) is 4.83. The molecule has 1 aliphatic carbocycles. The molecule has 0 aromatic carbocycles. The van der Waals surface area contributed by atoms with Crippen LogP contribution in [-0.4, -0.2) is 84.3 Å². The molecule has 3 rings (SSSR count). The second-order valence-electron chi connectivity index (χ2n) is 6.18. The summed E-state index contributed by atoms with van der Waals surface area (Å²) in [6, 6.07) is 0.395. The van der Waals surface area contributed by atoms with Crippen molar-refractivity contribution in [2.45, 2.75) is 37.0 Å². The van der Waals surface area contributed by atoms with Gasteiger partial charge >= 0.3 is 6.09 Å². The highest BCUT2D eigenvalue weighted by Crippen LogP contribution is 2.32. The van der Waals surface area contributed by atoms with Crippen molar-refractivity contribution in [3.8, 4) is 0 Å². The summed E-state index contributed by atoms with van der Waals surface area (Å²) in [5.41, 5.74) is 0. The average Bonchev–Trinajstić information content (AvgIpc) is 3.32. The van der Waals surface area contributed by atoms with Crippen molar-refractivity contribution in [3.05, 3.63) is 0 Å². The van der Waals surface area contributed by atoms with E-state index in [4.69, 9.17) is 5.11 Å². The SMILES string of the molecule is O=C(O)N1CCN(C2CCN(S(=O)(=O)C3CC3)CC2)CC1. The Morgan fingerprint density at radius 1 is 0.905 bits per heavy atom. The molecule has 8 heteroatoms. The maximum absolute atomic E-state index is 12.2. The van der Waals surface area contributed by atoms with E-state index >= 15 is 0 Å². The summed E-state index contributed by atoms with van der Waals surface area (Å²) in [6.45, 7) is 3.84. The van der Waals surface area contributed by atoms with E-state index in [-0.39, 0.29) is 5.25 Å². The van der Waals surface area contributed by atoms with Gasteiger partial charge in [0.25, 0.3) is 0 Å². The number of hydrogen-bond acceptors (Lipinski definition) is 4. The van der Waals surface area contributed by atoms with Crippen molar-refractivity contribution in [1.29, 1.82) is 0 Å². The lowest BCUT2D eigenvalue weighted by Gasteiger charge is -2.41. The molecule has 3 aliphatic rings. The zero-order valence-electron chi connectivity index (χ0n) is 12.1. The fourth-order valence-electron chi connectivity index (χ4n) is 3.32. The molecule has 2 heterocycles. The average molecular weight is 317 g/mol. The Bertz CT molecular complexity index is 490. The highest BCUT2D eigenvalue weighted by Gasteiger charge is 2.41. The van der Waals surface area contributed by atoms with Gasteiger partial charge in [0.05, 0.1) is 5.25 Å². The molecular formula is C13H23N3O4S. The van der Waals surface area contributed by atoms with Crippen molar-refractivity contribution in [2.24, 2.45) is 0 Å². The quantitative estimate of drug-likeness (QED) is 0.806. The first kappa shape index (κ1) is 15.1. The molecule has 0 aromatic heterocycles. The minimum atomic E-state index is -3.03. The summed E-state index contributed by atoms with van der Waals surface area (Å²) in [7, 11) is -3.03. The highest BCUT2D eigenvalue weighted by molar-refractivity contribution is 7.90. The molecule has 21 heavy (non-hydrogen) atoms. The van der Waals surface area contributed by atoms with Crippen molar-refractivity contribution in [1.82, 2.24) is 14.1 Å². The van der Waals surface area contributed by atoms with Crippen LogP contribution in [0.4, 0.5) is 4.79 Å². The van der Waals surface area contributed by atoms with Gasteiger partial charge in [-0.05, 0) is 25.7 Å². The maximum atomic E-state index is 12.2. The van der Waals surface area contributed by atoms with E-state index in [1.54, 1.807) is 4.31 Å². The number of rotatable bonds is 3. The van der Waals surface area contributed by atoms with E-state index in [1.165, 1.54) is 4.90 Å². The summed E-state index contributed by atoms with van der Waals surface area (Å²) < 4.78 is 26.0. The summed E-state index contributed by atoms with van der Waals surface area (Å²) in [6.07, 6.45) is 2.51. The van der Waals surface area contributed by atoms with Crippen molar-refractivity contribution >= 4 is 16.1 Å². The standard InChI is InChI=1S/C13H23N3O4S/c17-13(18)15-9-7-14(8-10-15)11-3-5-16(6-4-11)21(19,20)12-1-2-12/h11-12H,1-10H2,(H,17,18).